The van der Waals surface area contributed by atoms with Crippen molar-refractivity contribution in [3.05, 3.63) is 45.6 Å². The molecule has 1 N–H and O–H groups in total. The molecule has 4 rings (SSSR count). The first-order valence-electron chi connectivity index (χ1n) is 7.14. The van der Waals surface area contributed by atoms with Gasteiger partial charge in [-0.05, 0) is 40.8 Å². The first-order chi connectivity index (χ1) is 11.0. The fourth-order valence-corrected chi connectivity index (χ4v) is 4.46. The average Bonchev–Trinajstić information content (AvgIpc) is 2.85. The number of ketones is 1. The molecule has 1 fully saturated rings. The van der Waals surface area contributed by atoms with Gasteiger partial charge in [0.1, 0.15) is 5.41 Å². The molecule has 23 heavy (non-hydrogen) atoms. The van der Waals surface area contributed by atoms with Gasteiger partial charge in [-0.1, -0.05) is 18.2 Å². The van der Waals surface area contributed by atoms with Crippen LogP contribution in [0.5, 0.6) is 0 Å². The molecule has 0 bridgehead atoms. The Morgan fingerprint density at radius 1 is 1.39 bits per heavy atom. The maximum absolute atomic E-state index is 12.3. The molecule has 0 radical (unpaired) electrons. The van der Waals surface area contributed by atoms with Gasteiger partial charge >= 0.3 is 5.97 Å². The van der Waals surface area contributed by atoms with E-state index in [1.165, 1.54) is 13.2 Å². The maximum Gasteiger partial charge on any atom is 0.317 e. The van der Waals surface area contributed by atoms with Crippen LogP contribution >= 0.6 is 22.6 Å². The number of rotatable bonds is 2. The van der Waals surface area contributed by atoms with Crippen LogP contribution in [-0.4, -0.2) is 24.8 Å². The third kappa shape index (κ3) is 1.81. The first-order valence-corrected chi connectivity index (χ1v) is 8.22. The molecule has 0 spiro atoms. The van der Waals surface area contributed by atoms with Crippen LogP contribution in [0.2, 0.25) is 0 Å². The zero-order chi connectivity index (χ0) is 16.4. The van der Waals surface area contributed by atoms with Gasteiger partial charge in [-0.2, -0.15) is 0 Å². The highest BCUT2D eigenvalue weighted by atomic mass is 127. The lowest BCUT2D eigenvalue weighted by Crippen LogP contribution is -2.18. The highest BCUT2D eigenvalue weighted by molar-refractivity contribution is 14.1. The second kappa shape index (κ2) is 4.77. The number of carbonyl (C=O) groups excluding carboxylic acids is 3. The summed E-state index contributed by atoms with van der Waals surface area (Å²) in [5, 5.41) is 2.82. The van der Waals surface area contributed by atoms with Gasteiger partial charge in [-0.15, -0.1) is 0 Å². The number of esters is 1. The minimum atomic E-state index is -0.928. The van der Waals surface area contributed by atoms with Gasteiger partial charge < -0.3 is 10.1 Å². The van der Waals surface area contributed by atoms with Gasteiger partial charge in [0.2, 0.25) is 0 Å². The van der Waals surface area contributed by atoms with Gasteiger partial charge in [0.25, 0.3) is 5.91 Å². The van der Waals surface area contributed by atoms with Crippen LogP contribution in [-0.2, 0) is 19.1 Å². The number of carbonyl (C=O) groups is 3. The van der Waals surface area contributed by atoms with Crippen LogP contribution in [0.4, 0.5) is 5.69 Å². The van der Waals surface area contributed by atoms with Crippen molar-refractivity contribution in [3.8, 4) is 0 Å². The lowest BCUT2D eigenvalue weighted by atomic mass is 10.00. The van der Waals surface area contributed by atoms with E-state index in [1.54, 1.807) is 12.2 Å². The van der Waals surface area contributed by atoms with Gasteiger partial charge in [-0.25, -0.2) is 0 Å². The lowest BCUT2D eigenvalue weighted by molar-refractivity contribution is -0.146. The number of methoxy groups -OCH3 is 1. The fraction of sp³-hybridized carbons (Fsp3) is 0.235. The van der Waals surface area contributed by atoms with Crippen LogP contribution in [0.25, 0.3) is 5.57 Å². The molecule has 0 aromatic heterocycles. The number of benzene rings is 1. The minimum Gasteiger partial charge on any atom is -0.468 e. The average molecular weight is 421 g/mol. The number of amides is 1. The van der Waals surface area contributed by atoms with Crippen molar-refractivity contribution in [2.24, 2.45) is 17.3 Å². The van der Waals surface area contributed by atoms with Crippen molar-refractivity contribution >= 4 is 51.5 Å². The predicted octanol–water partition coefficient (Wildman–Crippen LogP) is 2.17. The summed E-state index contributed by atoms with van der Waals surface area (Å²) in [5.74, 6) is -1.48. The number of allylic oxidation sites excluding steroid dienone is 2. The summed E-state index contributed by atoms with van der Waals surface area (Å²) < 4.78 is 5.82. The Morgan fingerprint density at radius 2 is 2.17 bits per heavy atom. The smallest absolute Gasteiger partial charge is 0.317 e. The van der Waals surface area contributed by atoms with E-state index < -0.39 is 17.3 Å². The fourth-order valence-electron chi connectivity index (χ4n) is 3.67. The molecule has 2 aliphatic carbocycles. The Balaban J connectivity index is 1.79. The van der Waals surface area contributed by atoms with Crippen molar-refractivity contribution in [2.45, 2.75) is 0 Å². The summed E-state index contributed by atoms with van der Waals surface area (Å²) in [7, 11) is 1.31. The number of hydrogen-bond acceptors (Lipinski definition) is 4. The molecule has 1 aliphatic heterocycles. The Bertz CT molecular complexity index is 841. The highest BCUT2D eigenvalue weighted by Crippen LogP contribution is 2.65. The number of hydrogen-bond donors (Lipinski definition) is 1. The molecule has 1 heterocycles. The lowest BCUT2D eigenvalue weighted by Gasteiger charge is -2.07. The number of nitrogens with one attached hydrogen (secondary N) is 1. The number of halogens is 1. The number of fused-ring (bicyclic) bond motifs is 2. The first kappa shape index (κ1) is 14.6. The van der Waals surface area contributed by atoms with Crippen molar-refractivity contribution in [1.82, 2.24) is 0 Å². The monoisotopic (exact) mass is 421 g/mol. The molecule has 0 saturated heterocycles. The molecule has 1 aromatic carbocycles. The summed E-state index contributed by atoms with van der Waals surface area (Å²) in [6, 6.07) is 5.63. The Kier molecular flexibility index (Phi) is 3.03. The van der Waals surface area contributed by atoms with E-state index >= 15 is 0 Å². The van der Waals surface area contributed by atoms with Crippen LogP contribution in [0.3, 0.4) is 0 Å². The van der Waals surface area contributed by atoms with Gasteiger partial charge in [0.05, 0.1) is 12.8 Å². The normalized spacial score (nSPS) is 31.8. The van der Waals surface area contributed by atoms with E-state index in [1.807, 2.05) is 18.2 Å². The predicted molar refractivity (Wildman–Crippen MR) is 91.3 cm³/mol. The van der Waals surface area contributed by atoms with Crippen molar-refractivity contribution < 1.29 is 19.1 Å². The van der Waals surface area contributed by atoms with Gasteiger partial charge in [0, 0.05) is 26.5 Å². The summed E-state index contributed by atoms with van der Waals surface area (Å²) in [6.45, 7) is 0. The molecule has 1 saturated carbocycles. The maximum atomic E-state index is 12.3. The topological polar surface area (TPSA) is 72.5 Å². The third-order valence-electron chi connectivity index (χ3n) is 4.81. The van der Waals surface area contributed by atoms with Crippen LogP contribution in [0, 0.1) is 20.8 Å². The summed E-state index contributed by atoms with van der Waals surface area (Å²) in [6.07, 6.45) is 4.81. The second-order valence-electron chi connectivity index (χ2n) is 5.86. The van der Waals surface area contributed by atoms with Gasteiger partial charge in [0.15, 0.2) is 5.78 Å². The summed E-state index contributed by atoms with van der Waals surface area (Å²) in [4.78, 5) is 36.4. The van der Waals surface area contributed by atoms with Gasteiger partial charge in [-0.3, -0.25) is 14.4 Å². The van der Waals surface area contributed by atoms with E-state index in [-0.39, 0.29) is 17.6 Å². The minimum absolute atomic E-state index is 0.0846. The Morgan fingerprint density at radius 3 is 2.91 bits per heavy atom. The Hall–Kier alpha value is -1.96. The molecule has 1 amide bonds. The SMILES string of the molecule is COC(=O)[C@@]12C=CC(=O)[C@@H]1C2/C=C1\C(=O)Nc2cccc(I)c21. The molecule has 1 aromatic rings. The zero-order valence-corrected chi connectivity index (χ0v) is 14.3. The van der Waals surface area contributed by atoms with Crippen LogP contribution in [0.1, 0.15) is 5.56 Å². The number of anilines is 1. The van der Waals surface area contributed by atoms with E-state index in [9.17, 15) is 14.4 Å². The molecular formula is C17H12INO4. The molecule has 6 heteroatoms. The highest BCUT2D eigenvalue weighted by Gasteiger charge is 2.73. The largest absolute Gasteiger partial charge is 0.468 e. The standard InChI is InChI=1S/C17H12INO4/c1-23-16(22)17-6-5-12(20)14(17)9(17)7-8-13-10(18)3-2-4-11(13)19-15(8)21/h2-7,9,14H,1H3,(H,19,21)/b8-7-/t9?,14-,17+/m0/s1. The van der Waals surface area contributed by atoms with Crippen molar-refractivity contribution in [1.29, 1.82) is 0 Å². The molecule has 5 nitrogen and oxygen atoms in total. The molecule has 3 atom stereocenters. The zero-order valence-electron chi connectivity index (χ0n) is 12.1. The van der Waals surface area contributed by atoms with Crippen LogP contribution < -0.4 is 5.32 Å². The van der Waals surface area contributed by atoms with Crippen molar-refractivity contribution in [3.63, 3.8) is 0 Å². The van der Waals surface area contributed by atoms with Crippen molar-refractivity contribution in [2.75, 3.05) is 12.4 Å². The molecular weight excluding hydrogens is 409 g/mol. The summed E-state index contributed by atoms with van der Waals surface area (Å²) in [5.41, 5.74) is 1.18. The Labute approximate surface area is 145 Å². The van der Waals surface area contributed by atoms with E-state index in [0.717, 1.165) is 14.8 Å². The van der Waals surface area contributed by atoms with Crippen LogP contribution in [0.15, 0.2) is 36.4 Å². The summed E-state index contributed by atoms with van der Waals surface area (Å²) >= 11 is 2.18. The molecule has 1 unspecified atom stereocenters. The van der Waals surface area contributed by atoms with E-state index in [4.69, 9.17) is 4.74 Å². The van der Waals surface area contributed by atoms with E-state index in [2.05, 4.69) is 27.9 Å². The number of ether oxygens (including phenoxy) is 1. The quantitative estimate of drug-likeness (QED) is 0.452. The molecule has 116 valence electrons. The second-order valence-corrected chi connectivity index (χ2v) is 7.02. The van der Waals surface area contributed by atoms with E-state index in [0.29, 0.717) is 5.57 Å². The third-order valence-corrected chi connectivity index (χ3v) is 5.71. The molecule has 3 aliphatic rings.